The van der Waals surface area contributed by atoms with E-state index in [2.05, 4.69) is 25.2 Å². The molecule has 1 aliphatic rings. The van der Waals surface area contributed by atoms with Gasteiger partial charge in [-0.25, -0.2) is 9.97 Å². The van der Waals surface area contributed by atoms with Gasteiger partial charge in [-0.1, -0.05) is 23.1 Å². The number of ether oxygens (including phenoxy) is 2. The number of benzene rings is 1. The van der Waals surface area contributed by atoms with Gasteiger partial charge in [-0.15, -0.1) is 0 Å². The van der Waals surface area contributed by atoms with Gasteiger partial charge >= 0.3 is 0 Å². The summed E-state index contributed by atoms with van der Waals surface area (Å²) in [6, 6.07) is 5.26. The van der Waals surface area contributed by atoms with Crippen molar-refractivity contribution in [3.8, 4) is 11.5 Å². The Labute approximate surface area is 176 Å². The summed E-state index contributed by atoms with van der Waals surface area (Å²) in [6.07, 6.45) is 3.89. The monoisotopic (exact) mass is 431 g/mol. The van der Waals surface area contributed by atoms with Gasteiger partial charge in [0.2, 0.25) is 5.91 Å². The third kappa shape index (κ3) is 4.38. The van der Waals surface area contributed by atoms with Crippen LogP contribution < -0.4 is 19.7 Å². The van der Waals surface area contributed by atoms with E-state index in [0.717, 1.165) is 27.9 Å². The minimum Gasteiger partial charge on any atom is -0.497 e. The number of thiazole rings is 1. The summed E-state index contributed by atoms with van der Waals surface area (Å²) in [6.45, 7) is 2.06. The zero-order chi connectivity index (χ0) is 20.2. The van der Waals surface area contributed by atoms with Crippen LogP contribution in [-0.2, 0) is 4.79 Å². The number of anilines is 2. The number of fused-ring (bicyclic) bond motifs is 1. The number of methoxy groups -OCH3 is 2. The van der Waals surface area contributed by atoms with Crippen molar-refractivity contribution < 1.29 is 14.3 Å². The second kappa shape index (κ2) is 8.83. The lowest BCUT2D eigenvalue weighted by atomic mass is 10.2. The number of carbonyl (C=O) groups excluding carboxylic acids is 1. The van der Waals surface area contributed by atoms with Gasteiger partial charge in [0.1, 0.15) is 27.6 Å². The minimum atomic E-state index is -0.144. The van der Waals surface area contributed by atoms with E-state index in [1.165, 1.54) is 30.9 Å². The van der Waals surface area contributed by atoms with E-state index in [-0.39, 0.29) is 11.7 Å². The molecular weight excluding hydrogens is 410 g/mol. The molecule has 1 amide bonds. The van der Waals surface area contributed by atoms with Gasteiger partial charge in [-0.2, -0.15) is 4.98 Å². The highest BCUT2D eigenvalue weighted by Crippen LogP contribution is 2.35. The van der Waals surface area contributed by atoms with E-state index in [9.17, 15) is 4.79 Å². The fourth-order valence-electron chi connectivity index (χ4n) is 3.09. The molecule has 1 fully saturated rings. The minimum absolute atomic E-state index is 0.144. The highest BCUT2D eigenvalue weighted by Gasteiger charge is 2.19. The molecule has 0 atom stereocenters. The van der Waals surface area contributed by atoms with Crippen LogP contribution in [0.1, 0.15) is 12.8 Å². The largest absolute Gasteiger partial charge is 0.497 e. The molecule has 8 nitrogen and oxygen atoms in total. The van der Waals surface area contributed by atoms with Crippen LogP contribution in [0, 0.1) is 0 Å². The second-order valence-corrected chi connectivity index (χ2v) is 8.37. The summed E-state index contributed by atoms with van der Waals surface area (Å²) in [7, 11) is 3.14. The lowest BCUT2D eigenvalue weighted by Gasteiger charge is -2.11. The van der Waals surface area contributed by atoms with Crippen molar-refractivity contribution in [2.24, 2.45) is 0 Å². The van der Waals surface area contributed by atoms with E-state index in [1.807, 2.05) is 0 Å². The molecule has 1 N–H and O–H groups in total. The van der Waals surface area contributed by atoms with E-state index in [0.29, 0.717) is 22.8 Å². The Morgan fingerprint density at radius 1 is 1.24 bits per heavy atom. The third-order valence-electron chi connectivity index (χ3n) is 4.55. The molecule has 10 heteroatoms. The van der Waals surface area contributed by atoms with Crippen molar-refractivity contribution in [2.45, 2.75) is 17.9 Å². The molecule has 0 saturated carbocycles. The predicted molar refractivity (Wildman–Crippen MR) is 116 cm³/mol. The van der Waals surface area contributed by atoms with Crippen molar-refractivity contribution in [1.82, 2.24) is 15.0 Å². The number of nitrogens with one attached hydrogen (secondary N) is 1. The predicted octanol–water partition coefficient (Wildman–Crippen LogP) is 3.43. The highest BCUT2D eigenvalue weighted by atomic mass is 32.2. The van der Waals surface area contributed by atoms with Gasteiger partial charge in [-0.3, -0.25) is 4.79 Å². The number of nitrogens with zero attached hydrogens (tertiary/aromatic N) is 4. The fraction of sp³-hybridized carbons (Fsp3) is 0.368. The van der Waals surface area contributed by atoms with Crippen LogP contribution in [0.25, 0.3) is 10.3 Å². The molecule has 152 valence electrons. The van der Waals surface area contributed by atoms with Crippen molar-refractivity contribution in [2.75, 3.05) is 43.3 Å². The van der Waals surface area contributed by atoms with Crippen molar-refractivity contribution in [3.63, 3.8) is 0 Å². The number of hydrogen-bond donors (Lipinski definition) is 1. The molecule has 0 unspecified atom stereocenters. The normalized spacial score (nSPS) is 13.7. The summed E-state index contributed by atoms with van der Waals surface area (Å²) < 4.78 is 11.4. The van der Waals surface area contributed by atoms with Gasteiger partial charge in [0, 0.05) is 19.2 Å². The maximum absolute atomic E-state index is 12.5. The molecule has 3 aromatic rings. The van der Waals surface area contributed by atoms with Crippen LogP contribution in [0.4, 0.5) is 10.8 Å². The molecule has 4 rings (SSSR count). The van der Waals surface area contributed by atoms with Gasteiger partial charge in [-0.05, 0) is 25.0 Å². The van der Waals surface area contributed by atoms with Crippen molar-refractivity contribution >= 4 is 50.2 Å². The molecule has 29 heavy (non-hydrogen) atoms. The molecule has 1 aromatic carbocycles. The van der Waals surface area contributed by atoms with Crippen LogP contribution in [0.3, 0.4) is 0 Å². The van der Waals surface area contributed by atoms with Gasteiger partial charge < -0.3 is 19.7 Å². The smallest absolute Gasteiger partial charge is 0.234 e. The Bertz CT molecular complexity index is 1020. The van der Waals surface area contributed by atoms with Crippen molar-refractivity contribution in [1.29, 1.82) is 0 Å². The Morgan fingerprint density at radius 3 is 2.83 bits per heavy atom. The second-order valence-electron chi connectivity index (χ2n) is 6.43. The Hall–Kier alpha value is -2.59. The van der Waals surface area contributed by atoms with E-state index in [4.69, 9.17) is 9.47 Å². The average molecular weight is 432 g/mol. The molecule has 0 spiro atoms. The van der Waals surface area contributed by atoms with E-state index in [1.54, 1.807) is 43.8 Å². The zero-order valence-electron chi connectivity index (χ0n) is 16.2. The fourth-order valence-corrected chi connectivity index (χ4v) is 5.03. The first-order chi connectivity index (χ1) is 14.2. The van der Waals surface area contributed by atoms with Gasteiger partial charge in [0.05, 0.1) is 25.7 Å². The summed E-state index contributed by atoms with van der Waals surface area (Å²) in [5, 5.41) is 4.63. The lowest BCUT2D eigenvalue weighted by Crippen LogP contribution is -2.16. The number of aromatic nitrogens is 3. The Kier molecular flexibility index (Phi) is 6.00. The van der Waals surface area contributed by atoms with Crippen LogP contribution in [-0.4, -0.2) is 53.9 Å². The topological polar surface area (TPSA) is 89.5 Å². The van der Waals surface area contributed by atoms with Gasteiger partial charge in [0.15, 0.2) is 10.8 Å². The Morgan fingerprint density at radius 2 is 2.07 bits per heavy atom. The molecule has 0 bridgehead atoms. The number of thioether (sulfide) groups is 1. The molecule has 1 saturated heterocycles. The van der Waals surface area contributed by atoms with E-state index >= 15 is 0 Å². The lowest BCUT2D eigenvalue weighted by molar-refractivity contribution is -0.113. The highest BCUT2D eigenvalue weighted by molar-refractivity contribution is 8.00. The first-order valence-electron chi connectivity index (χ1n) is 9.19. The molecule has 3 heterocycles. The maximum atomic E-state index is 12.5. The van der Waals surface area contributed by atoms with Crippen LogP contribution in [0.15, 0.2) is 29.6 Å². The summed E-state index contributed by atoms with van der Waals surface area (Å²) >= 11 is 2.97. The summed E-state index contributed by atoms with van der Waals surface area (Å²) in [5.41, 5.74) is 1.28. The maximum Gasteiger partial charge on any atom is 0.234 e. The molecule has 1 aliphatic heterocycles. The first-order valence-corrected chi connectivity index (χ1v) is 11.0. The summed E-state index contributed by atoms with van der Waals surface area (Å²) in [5.74, 6) is 1.29. The zero-order valence-corrected chi connectivity index (χ0v) is 17.8. The molecule has 2 aromatic heterocycles. The molecule has 0 radical (unpaired) electrons. The third-order valence-corrected chi connectivity index (χ3v) is 6.78. The van der Waals surface area contributed by atoms with Crippen LogP contribution in [0.5, 0.6) is 11.5 Å². The van der Waals surface area contributed by atoms with Crippen LogP contribution in [0.2, 0.25) is 0 Å². The Balaban J connectivity index is 1.45. The average Bonchev–Trinajstić information content (AvgIpc) is 3.42. The standard InChI is InChI=1S/C19H21N5O3S2/c1-26-12-5-6-13(14(9-12)27-2)22-15(25)10-28-18-16-17(20-11-21-18)23-19(29-16)24-7-3-4-8-24/h5-6,9,11H,3-4,7-8,10H2,1-2H3,(H,22,25). The van der Waals surface area contributed by atoms with E-state index < -0.39 is 0 Å². The SMILES string of the molecule is COc1ccc(NC(=O)CSc2ncnc3nc(N4CCCC4)sc23)c(OC)c1. The number of amides is 1. The number of carbonyl (C=O) groups is 1. The summed E-state index contributed by atoms with van der Waals surface area (Å²) in [4.78, 5) is 28.0. The number of rotatable bonds is 7. The van der Waals surface area contributed by atoms with Gasteiger partial charge in [0.25, 0.3) is 0 Å². The molecular formula is C19H21N5O3S2. The number of hydrogen-bond acceptors (Lipinski definition) is 9. The van der Waals surface area contributed by atoms with Crippen LogP contribution >= 0.6 is 23.1 Å². The molecule has 0 aliphatic carbocycles. The quantitative estimate of drug-likeness (QED) is 0.450. The van der Waals surface area contributed by atoms with Crippen molar-refractivity contribution in [3.05, 3.63) is 24.5 Å². The first kappa shape index (κ1) is 19.7.